The molecular formula is C12H18BrFN2. The fourth-order valence-corrected chi connectivity index (χ4v) is 2.25. The van der Waals surface area contributed by atoms with Crippen molar-refractivity contribution in [2.75, 3.05) is 17.7 Å². The number of nitrogens with zero attached hydrogens (tertiary/aromatic N) is 1. The Balaban J connectivity index is 3.07. The maximum Gasteiger partial charge on any atom is 0.139 e. The van der Waals surface area contributed by atoms with E-state index < -0.39 is 0 Å². The molecule has 0 aliphatic carbocycles. The maximum atomic E-state index is 13.5. The fraction of sp³-hybridized carbons (Fsp3) is 0.500. The van der Waals surface area contributed by atoms with E-state index in [2.05, 4.69) is 29.8 Å². The number of nitrogen functional groups attached to an aromatic ring is 1. The van der Waals surface area contributed by atoms with Gasteiger partial charge in [0.1, 0.15) is 5.82 Å². The van der Waals surface area contributed by atoms with Gasteiger partial charge >= 0.3 is 0 Å². The zero-order valence-corrected chi connectivity index (χ0v) is 11.5. The van der Waals surface area contributed by atoms with Crippen molar-refractivity contribution in [1.82, 2.24) is 0 Å². The second-order valence-electron chi connectivity index (χ2n) is 3.91. The molecule has 2 N–H and O–H groups in total. The average Bonchev–Trinajstić information content (AvgIpc) is 2.25. The second kappa shape index (κ2) is 5.53. The van der Waals surface area contributed by atoms with E-state index in [1.165, 1.54) is 6.07 Å². The number of benzene rings is 1. The van der Waals surface area contributed by atoms with E-state index in [-0.39, 0.29) is 5.82 Å². The summed E-state index contributed by atoms with van der Waals surface area (Å²) in [6.45, 7) is 4.24. The topological polar surface area (TPSA) is 29.3 Å². The molecule has 2 nitrogen and oxygen atoms in total. The minimum Gasteiger partial charge on any atom is -0.397 e. The molecule has 0 aliphatic rings. The van der Waals surface area contributed by atoms with Crippen molar-refractivity contribution in [3.8, 4) is 0 Å². The highest BCUT2D eigenvalue weighted by Crippen LogP contribution is 2.30. The van der Waals surface area contributed by atoms with Gasteiger partial charge in [-0.2, -0.15) is 0 Å². The summed E-state index contributed by atoms with van der Waals surface area (Å²) in [5.74, 6) is -0.276. The monoisotopic (exact) mass is 288 g/mol. The van der Waals surface area contributed by atoms with E-state index in [1.54, 1.807) is 6.07 Å². The smallest absolute Gasteiger partial charge is 0.139 e. The lowest BCUT2D eigenvalue weighted by molar-refractivity contribution is 0.586. The van der Waals surface area contributed by atoms with Crippen LogP contribution in [0.2, 0.25) is 0 Å². The van der Waals surface area contributed by atoms with Gasteiger partial charge in [0.05, 0.1) is 15.8 Å². The molecule has 4 heteroatoms. The lowest BCUT2D eigenvalue weighted by atomic mass is 10.1. The Morgan fingerprint density at radius 3 is 2.44 bits per heavy atom. The number of hydrogen-bond acceptors (Lipinski definition) is 2. The molecule has 0 bridgehead atoms. The lowest BCUT2D eigenvalue weighted by Gasteiger charge is -2.29. The number of rotatable bonds is 4. The van der Waals surface area contributed by atoms with Gasteiger partial charge in [0.25, 0.3) is 0 Å². The zero-order chi connectivity index (χ0) is 12.3. The number of nitrogens with two attached hydrogens (primary N) is 1. The number of anilines is 2. The molecule has 0 aromatic heterocycles. The molecule has 0 fully saturated rings. The SMILES string of the molecule is CCC(CC)N(C)c1cc(F)c(Br)cc1N. The van der Waals surface area contributed by atoms with E-state index in [0.717, 1.165) is 18.5 Å². The van der Waals surface area contributed by atoms with Crippen molar-refractivity contribution >= 4 is 27.3 Å². The third-order valence-corrected chi connectivity index (χ3v) is 3.55. The highest BCUT2D eigenvalue weighted by molar-refractivity contribution is 9.10. The van der Waals surface area contributed by atoms with Gasteiger partial charge in [-0.15, -0.1) is 0 Å². The summed E-state index contributed by atoms with van der Waals surface area (Å²) in [4.78, 5) is 2.05. The molecule has 0 radical (unpaired) electrons. The predicted molar refractivity (Wildman–Crippen MR) is 71.3 cm³/mol. The van der Waals surface area contributed by atoms with Crippen molar-refractivity contribution < 1.29 is 4.39 Å². The number of hydrogen-bond donors (Lipinski definition) is 1. The molecule has 16 heavy (non-hydrogen) atoms. The Hall–Kier alpha value is -0.770. The molecule has 0 unspecified atom stereocenters. The minimum atomic E-state index is -0.276. The Morgan fingerprint density at radius 2 is 1.94 bits per heavy atom. The van der Waals surface area contributed by atoms with Gasteiger partial charge in [-0.3, -0.25) is 0 Å². The van der Waals surface area contributed by atoms with Crippen molar-refractivity contribution in [3.63, 3.8) is 0 Å². The molecule has 0 atom stereocenters. The van der Waals surface area contributed by atoms with Crippen LogP contribution in [0.1, 0.15) is 26.7 Å². The van der Waals surface area contributed by atoms with Gasteiger partial charge in [0.15, 0.2) is 0 Å². The first-order valence-electron chi connectivity index (χ1n) is 5.48. The summed E-state index contributed by atoms with van der Waals surface area (Å²) in [6.07, 6.45) is 2.04. The zero-order valence-electron chi connectivity index (χ0n) is 9.93. The molecule has 0 amide bonds. The van der Waals surface area contributed by atoms with Crippen molar-refractivity contribution in [2.24, 2.45) is 0 Å². The van der Waals surface area contributed by atoms with E-state index >= 15 is 0 Å². The fourth-order valence-electron chi connectivity index (χ4n) is 1.89. The molecule has 1 aromatic carbocycles. The van der Waals surface area contributed by atoms with Crippen LogP contribution >= 0.6 is 15.9 Å². The summed E-state index contributed by atoms with van der Waals surface area (Å²) in [6, 6.07) is 3.49. The van der Waals surface area contributed by atoms with E-state index in [1.807, 2.05) is 11.9 Å². The maximum absolute atomic E-state index is 13.5. The van der Waals surface area contributed by atoms with Gasteiger partial charge < -0.3 is 10.6 Å². The molecule has 0 saturated carbocycles. The first-order valence-corrected chi connectivity index (χ1v) is 6.27. The first kappa shape index (κ1) is 13.3. The lowest BCUT2D eigenvalue weighted by Crippen LogP contribution is -2.31. The van der Waals surface area contributed by atoms with Crippen LogP contribution in [-0.4, -0.2) is 13.1 Å². The first-order chi connectivity index (χ1) is 7.51. The predicted octanol–water partition coefficient (Wildman–Crippen LogP) is 3.80. The minimum absolute atomic E-state index is 0.276. The molecule has 0 saturated heterocycles. The van der Waals surface area contributed by atoms with E-state index in [0.29, 0.717) is 16.2 Å². The Labute approximate surface area is 105 Å². The highest BCUT2D eigenvalue weighted by atomic mass is 79.9. The van der Waals surface area contributed by atoms with Crippen molar-refractivity contribution in [3.05, 3.63) is 22.4 Å². The summed E-state index contributed by atoms with van der Waals surface area (Å²) in [7, 11) is 1.96. The third-order valence-electron chi connectivity index (χ3n) is 2.94. The summed E-state index contributed by atoms with van der Waals surface area (Å²) in [5.41, 5.74) is 7.26. The average molecular weight is 289 g/mol. The molecule has 1 rings (SSSR count). The quantitative estimate of drug-likeness (QED) is 0.854. The Morgan fingerprint density at radius 1 is 1.38 bits per heavy atom. The molecule has 90 valence electrons. The largest absolute Gasteiger partial charge is 0.397 e. The van der Waals surface area contributed by atoms with Crippen LogP contribution in [0.25, 0.3) is 0 Å². The number of halogens is 2. The molecule has 0 spiro atoms. The van der Waals surface area contributed by atoms with Crippen LogP contribution in [0.5, 0.6) is 0 Å². The highest BCUT2D eigenvalue weighted by Gasteiger charge is 2.15. The summed E-state index contributed by atoms with van der Waals surface area (Å²) < 4.78 is 13.9. The van der Waals surface area contributed by atoms with Gasteiger partial charge in [0.2, 0.25) is 0 Å². The van der Waals surface area contributed by atoms with Crippen LogP contribution in [-0.2, 0) is 0 Å². The molecule has 1 aromatic rings. The van der Waals surface area contributed by atoms with Gasteiger partial charge in [-0.1, -0.05) is 13.8 Å². The van der Waals surface area contributed by atoms with Crippen LogP contribution in [0.4, 0.5) is 15.8 Å². The second-order valence-corrected chi connectivity index (χ2v) is 4.76. The van der Waals surface area contributed by atoms with E-state index in [9.17, 15) is 4.39 Å². The van der Waals surface area contributed by atoms with Gasteiger partial charge in [-0.05, 0) is 34.8 Å². The standard InChI is InChI=1S/C12H18BrFN2/c1-4-8(5-2)16(3)12-7-10(14)9(13)6-11(12)15/h6-8H,4-5,15H2,1-3H3. The van der Waals surface area contributed by atoms with Crippen LogP contribution in [0.15, 0.2) is 16.6 Å². The van der Waals surface area contributed by atoms with Gasteiger partial charge in [0, 0.05) is 19.2 Å². The molecular weight excluding hydrogens is 271 g/mol. The van der Waals surface area contributed by atoms with Crippen LogP contribution < -0.4 is 10.6 Å². The Bertz CT molecular complexity index is 364. The normalized spacial score (nSPS) is 10.9. The van der Waals surface area contributed by atoms with Crippen LogP contribution in [0, 0.1) is 5.82 Å². The van der Waals surface area contributed by atoms with Crippen molar-refractivity contribution in [1.29, 1.82) is 0 Å². The van der Waals surface area contributed by atoms with Crippen LogP contribution in [0.3, 0.4) is 0 Å². The van der Waals surface area contributed by atoms with Crippen molar-refractivity contribution in [2.45, 2.75) is 32.7 Å². The molecule has 0 aliphatic heterocycles. The summed E-state index contributed by atoms with van der Waals surface area (Å²) in [5, 5.41) is 0. The summed E-state index contributed by atoms with van der Waals surface area (Å²) >= 11 is 3.13. The van der Waals surface area contributed by atoms with E-state index in [4.69, 9.17) is 5.73 Å². The molecule has 0 heterocycles. The Kier molecular flexibility index (Phi) is 4.59. The third kappa shape index (κ3) is 2.67. The van der Waals surface area contributed by atoms with Gasteiger partial charge in [-0.25, -0.2) is 4.39 Å².